The van der Waals surface area contributed by atoms with Gasteiger partial charge in [-0.05, 0) is 61.1 Å². The van der Waals surface area contributed by atoms with Crippen molar-refractivity contribution in [1.82, 2.24) is 15.1 Å². The molecule has 0 aromatic heterocycles. The number of likely N-dealkylation sites (N-methyl/N-ethyl adjacent to an activating group) is 2. The molecule has 0 heterocycles. The predicted octanol–water partition coefficient (Wildman–Crippen LogP) is 4.24. The molecule has 0 aliphatic heterocycles. The maximum Gasteiger partial charge on any atom is 0.246 e. The zero-order chi connectivity index (χ0) is 29.6. The fourth-order valence-corrected chi connectivity index (χ4v) is 4.87. The van der Waals surface area contributed by atoms with E-state index >= 15 is 0 Å². The van der Waals surface area contributed by atoms with E-state index in [9.17, 15) is 14.4 Å². The van der Waals surface area contributed by atoms with Crippen molar-refractivity contribution in [2.24, 2.45) is 5.73 Å². The molecule has 1 saturated carbocycles. The number of carbonyl (C=O) groups is 3. The summed E-state index contributed by atoms with van der Waals surface area (Å²) < 4.78 is 0. The van der Waals surface area contributed by atoms with Crippen LogP contribution in [0.3, 0.4) is 0 Å². The van der Waals surface area contributed by atoms with Gasteiger partial charge in [0, 0.05) is 38.5 Å². The quantitative estimate of drug-likeness (QED) is 0.328. The van der Waals surface area contributed by atoms with Crippen molar-refractivity contribution >= 4 is 28.5 Å². The van der Waals surface area contributed by atoms with Gasteiger partial charge in [0.1, 0.15) is 12.1 Å². The highest BCUT2D eigenvalue weighted by atomic mass is 16.2. The lowest BCUT2D eigenvalue weighted by Crippen LogP contribution is -2.56. The van der Waals surface area contributed by atoms with Gasteiger partial charge in [-0.15, -0.1) is 0 Å². The Labute approximate surface area is 243 Å². The molecule has 3 amide bonds. The van der Waals surface area contributed by atoms with E-state index in [2.05, 4.69) is 11.4 Å². The van der Waals surface area contributed by atoms with E-state index in [0.29, 0.717) is 19.3 Å². The fourth-order valence-electron chi connectivity index (χ4n) is 4.87. The summed E-state index contributed by atoms with van der Waals surface area (Å²) in [6, 6.07) is 22.5. The van der Waals surface area contributed by atoms with Gasteiger partial charge in [0.15, 0.2) is 0 Å². The van der Waals surface area contributed by atoms with E-state index < -0.39 is 17.6 Å². The lowest BCUT2D eigenvalue weighted by molar-refractivity contribution is -0.146. The molecule has 1 aliphatic carbocycles. The van der Waals surface area contributed by atoms with Crippen LogP contribution in [-0.2, 0) is 27.2 Å². The Balaban J connectivity index is 1.63. The summed E-state index contributed by atoms with van der Waals surface area (Å²) in [5.41, 5.74) is 7.53. The second-order valence-corrected chi connectivity index (χ2v) is 11.9. The molecule has 7 heteroatoms. The standard InChI is InChI=1S/C34H42N4O3/c1-34(2,35)20-10-15-31(39)37(3)30(23-25-16-17-26-13-8-9-14-27(26)21-25)33(41)38(4)29(32(40)36-28-18-19-28)22-24-11-6-5-7-12-24/h5-17,21,28-30H,18-20,22-23,35H2,1-4H3,(H,36,40)/t29-,30-/m1/s1. The third-order valence-electron chi connectivity index (χ3n) is 7.56. The maximum absolute atomic E-state index is 14.2. The summed E-state index contributed by atoms with van der Waals surface area (Å²) in [5, 5.41) is 5.24. The summed E-state index contributed by atoms with van der Waals surface area (Å²) in [6.45, 7) is 3.79. The molecule has 3 aromatic rings. The number of amides is 3. The second kappa shape index (κ2) is 13.1. The number of rotatable bonds is 12. The minimum atomic E-state index is -0.809. The Kier molecular flexibility index (Phi) is 9.61. The molecule has 3 N–H and O–H groups in total. The number of benzene rings is 3. The van der Waals surface area contributed by atoms with Crippen LogP contribution in [0.1, 0.15) is 44.2 Å². The number of carbonyl (C=O) groups excluding carboxylic acids is 3. The highest BCUT2D eigenvalue weighted by molar-refractivity contribution is 5.95. The molecule has 0 radical (unpaired) electrons. The summed E-state index contributed by atoms with van der Waals surface area (Å²) in [5.74, 6) is -0.743. The van der Waals surface area contributed by atoms with Gasteiger partial charge >= 0.3 is 0 Å². The normalized spacial score (nSPS) is 15.0. The molecule has 41 heavy (non-hydrogen) atoms. The Bertz CT molecular complexity index is 1390. The minimum Gasteiger partial charge on any atom is -0.352 e. The van der Waals surface area contributed by atoms with Gasteiger partial charge in [0.25, 0.3) is 0 Å². The van der Waals surface area contributed by atoms with Crippen LogP contribution in [0.25, 0.3) is 10.8 Å². The van der Waals surface area contributed by atoms with Gasteiger partial charge in [-0.3, -0.25) is 14.4 Å². The summed E-state index contributed by atoms with van der Waals surface area (Å²) >= 11 is 0. The van der Waals surface area contributed by atoms with Crippen molar-refractivity contribution < 1.29 is 14.4 Å². The Morgan fingerprint density at radius 2 is 1.51 bits per heavy atom. The van der Waals surface area contributed by atoms with Crippen LogP contribution in [0.5, 0.6) is 0 Å². The monoisotopic (exact) mass is 554 g/mol. The first-order chi connectivity index (χ1) is 19.5. The van der Waals surface area contributed by atoms with E-state index in [1.807, 2.05) is 80.6 Å². The average molecular weight is 555 g/mol. The molecule has 0 bridgehead atoms. The van der Waals surface area contributed by atoms with Crippen LogP contribution in [0.2, 0.25) is 0 Å². The van der Waals surface area contributed by atoms with Crippen LogP contribution in [0.4, 0.5) is 0 Å². The van der Waals surface area contributed by atoms with Crippen LogP contribution < -0.4 is 11.1 Å². The molecular weight excluding hydrogens is 512 g/mol. The van der Waals surface area contributed by atoms with Crippen molar-refractivity contribution in [2.75, 3.05) is 14.1 Å². The first-order valence-electron chi connectivity index (χ1n) is 14.3. The van der Waals surface area contributed by atoms with Gasteiger partial charge < -0.3 is 20.9 Å². The number of nitrogens with zero attached hydrogens (tertiary/aromatic N) is 2. The summed E-state index contributed by atoms with van der Waals surface area (Å²) in [4.78, 5) is 43.9. The molecule has 4 rings (SSSR count). The van der Waals surface area contributed by atoms with E-state index in [4.69, 9.17) is 5.73 Å². The van der Waals surface area contributed by atoms with Gasteiger partial charge in [-0.2, -0.15) is 0 Å². The van der Waals surface area contributed by atoms with Crippen molar-refractivity contribution in [2.45, 2.75) is 69.6 Å². The van der Waals surface area contributed by atoms with E-state index in [0.717, 1.165) is 34.7 Å². The van der Waals surface area contributed by atoms with Crippen molar-refractivity contribution in [3.05, 3.63) is 96.1 Å². The van der Waals surface area contributed by atoms with Crippen molar-refractivity contribution in [3.8, 4) is 0 Å². The number of hydrogen-bond donors (Lipinski definition) is 2. The maximum atomic E-state index is 14.2. The SMILES string of the molecule is CN(C(=O)C=CCC(C)(C)N)[C@H](Cc1ccc2ccccc2c1)C(=O)N(C)[C@H](Cc1ccccc1)C(=O)NC1CC1. The highest BCUT2D eigenvalue weighted by Gasteiger charge is 2.36. The van der Waals surface area contributed by atoms with E-state index in [-0.39, 0.29) is 23.8 Å². The summed E-state index contributed by atoms with van der Waals surface area (Å²) in [7, 11) is 3.31. The number of fused-ring (bicyclic) bond motifs is 1. The lowest BCUT2D eigenvalue weighted by Gasteiger charge is -2.34. The summed E-state index contributed by atoms with van der Waals surface area (Å²) in [6.07, 6.45) is 6.36. The average Bonchev–Trinajstić information content (AvgIpc) is 3.77. The first kappa shape index (κ1) is 30.0. The van der Waals surface area contributed by atoms with Gasteiger partial charge in [0.05, 0.1) is 0 Å². The molecule has 1 aliphatic rings. The number of nitrogens with one attached hydrogen (secondary N) is 1. The molecule has 1 fully saturated rings. The van der Waals surface area contributed by atoms with Gasteiger partial charge in [-0.1, -0.05) is 78.9 Å². The first-order valence-corrected chi connectivity index (χ1v) is 14.3. The molecule has 3 aromatic carbocycles. The number of hydrogen-bond acceptors (Lipinski definition) is 4. The second-order valence-electron chi connectivity index (χ2n) is 11.9. The van der Waals surface area contributed by atoms with Gasteiger partial charge in [0.2, 0.25) is 17.7 Å². The van der Waals surface area contributed by atoms with Crippen LogP contribution >= 0.6 is 0 Å². The van der Waals surface area contributed by atoms with Crippen molar-refractivity contribution in [3.63, 3.8) is 0 Å². The van der Waals surface area contributed by atoms with Crippen LogP contribution in [0.15, 0.2) is 84.9 Å². The Morgan fingerprint density at radius 3 is 2.17 bits per heavy atom. The predicted molar refractivity (Wildman–Crippen MR) is 164 cm³/mol. The largest absolute Gasteiger partial charge is 0.352 e. The van der Waals surface area contributed by atoms with Crippen molar-refractivity contribution in [1.29, 1.82) is 0 Å². The van der Waals surface area contributed by atoms with Crippen LogP contribution in [0, 0.1) is 0 Å². The fraction of sp³-hybridized carbons (Fsp3) is 0.382. The molecule has 0 spiro atoms. The highest BCUT2D eigenvalue weighted by Crippen LogP contribution is 2.22. The Morgan fingerprint density at radius 1 is 0.878 bits per heavy atom. The molecule has 0 saturated heterocycles. The molecule has 2 atom stereocenters. The van der Waals surface area contributed by atoms with E-state index in [1.54, 1.807) is 20.2 Å². The molecular formula is C34H42N4O3. The smallest absolute Gasteiger partial charge is 0.246 e. The third kappa shape index (κ3) is 8.51. The van der Waals surface area contributed by atoms with E-state index in [1.165, 1.54) is 15.9 Å². The zero-order valence-corrected chi connectivity index (χ0v) is 24.5. The Hall–Kier alpha value is -3.97. The molecule has 216 valence electrons. The number of nitrogens with two attached hydrogens (primary N) is 1. The van der Waals surface area contributed by atoms with Gasteiger partial charge in [-0.25, -0.2) is 0 Å². The topological polar surface area (TPSA) is 95.7 Å². The third-order valence-corrected chi connectivity index (χ3v) is 7.56. The minimum absolute atomic E-state index is 0.166. The lowest BCUT2D eigenvalue weighted by atomic mass is 9.98. The zero-order valence-electron chi connectivity index (χ0n) is 24.5. The van der Waals surface area contributed by atoms with Crippen LogP contribution in [-0.4, -0.2) is 65.3 Å². The molecule has 0 unspecified atom stereocenters. The molecule has 7 nitrogen and oxygen atoms in total.